The third-order valence-corrected chi connectivity index (χ3v) is 6.52. The minimum absolute atomic E-state index is 0.110. The lowest BCUT2D eigenvalue weighted by Gasteiger charge is -2.45. The molecule has 0 unspecified atom stereocenters. The molecule has 2 heterocycles. The Labute approximate surface area is 183 Å². The summed E-state index contributed by atoms with van der Waals surface area (Å²) in [5.74, 6) is 0. The third-order valence-electron chi connectivity index (χ3n) is 6.52. The van der Waals surface area contributed by atoms with Crippen LogP contribution >= 0.6 is 0 Å². The minimum Gasteiger partial charge on any atom is -0.376 e. The molecule has 4 aromatic rings. The molecule has 2 aliphatic rings. The van der Waals surface area contributed by atoms with Crippen molar-refractivity contribution in [2.75, 3.05) is 4.81 Å². The van der Waals surface area contributed by atoms with Gasteiger partial charge >= 0.3 is 6.85 Å². The van der Waals surface area contributed by atoms with Gasteiger partial charge in [-0.3, -0.25) is 4.99 Å². The van der Waals surface area contributed by atoms with Crippen LogP contribution in [0.25, 0.3) is 27.5 Å². The molecular weight excluding hydrogens is 375 g/mol. The summed E-state index contributed by atoms with van der Waals surface area (Å²) in [7, 11) is 0. The molecule has 6 rings (SSSR count). The van der Waals surface area contributed by atoms with Crippen LogP contribution in [0.3, 0.4) is 0 Å². The summed E-state index contributed by atoms with van der Waals surface area (Å²) in [6, 6.07) is 30.7. The molecule has 0 aliphatic carbocycles. The van der Waals surface area contributed by atoms with E-state index in [-0.39, 0.29) is 6.85 Å². The largest absolute Gasteiger partial charge is 0.376 e. The number of hydrogen-bond acceptors (Lipinski definition) is 2. The third kappa shape index (κ3) is 2.44. The Balaban J connectivity index is 1.80. The Kier molecular flexibility index (Phi) is 3.97. The van der Waals surface area contributed by atoms with Gasteiger partial charge in [-0.2, -0.15) is 0 Å². The first-order chi connectivity index (χ1) is 15.3. The van der Waals surface area contributed by atoms with Gasteiger partial charge in [0.25, 0.3) is 0 Å². The highest BCUT2D eigenvalue weighted by Crippen LogP contribution is 2.46. The normalized spacial score (nSPS) is 16.7. The molecule has 0 N–H and O–H groups in total. The molecule has 0 spiro atoms. The first-order valence-corrected chi connectivity index (χ1v) is 10.7. The summed E-state index contributed by atoms with van der Waals surface area (Å²) in [5, 5.41) is 2.52. The van der Waals surface area contributed by atoms with Crippen molar-refractivity contribution in [2.45, 2.75) is 6.92 Å². The summed E-state index contributed by atoms with van der Waals surface area (Å²) in [6.07, 6.45) is 4.11. The Morgan fingerprint density at radius 2 is 1.45 bits per heavy atom. The quantitative estimate of drug-likeness (QED) is 0.311. The van der Waals surface area contributed by atoms with Crippen molar-refractivity contribution in [2.24, 2.45) is 4.99 Å². The molecule has 0 atom stereocenters. The van der Waals surface area contributed by atoms with Gasteiger partial charge in [-0.05, 0) is 41.1 Å². The maximum absolute atomic E-state index is 4.18. The monoisotopic (exact) mass is 396 g/mol. The summed E-state index contributed by atoms with van der Waals surface area (Å²) in [6.45, 7) is 5.98. The lowest BCUT2D eigenvalue weighted by atomic mass is 9.42. The van der Waals surface area contributed by atoms with Crippen molar-refractivity contribution in [1.82, 2.24) is 0 Å². The molecule has 0 fully saturated rings. The van der Waals surface area contributed by atoms with E-state index in [2.05, 4.69) is 114 Å². The maximum atomic E-state index is 4.18. The Hall–Kier alpha value is -3.85. The van der Waals surface area contributed by atoms with E-state index in [1.807, 2.05) is 6.20 Å². The van der Waals surface area contributed by atoms with Crippen molar-refractivity contribution in [3.8, 4) is 11.1 Å². The molecule has 4 aromatic carbocycles. The number of allylic oxidation sites excluding steroid dienone is 2. The average molecular weight is 396 g/mol. The van der Waals surface area contributed by atoms with Gasteiger partial charge in [0.05, 0.1) is 0 Å². The van der Waals surface area contributed by atoms with E-state index in [4.69, 9.17) is 0 Å². The molecule has 31 heavy (non-hydrogen) atoms. The number of nitrogens with zero attached hydrogens (tertiary/aromatic N) is 2. The van der Waals surface area contributed by atoms with Crippen LogP contribution in [0, 0.1) is 0 Å². The van der Waals surface area contributed by atoms with Gasteiger partial charge in [-0.15, -0.1) is 0 Å². The summed E-state index contributed by atoms with van der Waals surface area (Å²) in [4.78, 5) is 6.69. The Bertz CT molecular complexity index is 1430. The number of rotatable bonds is 1. The molecule has 0 bridgehead atoms. The highest BCUT2D eigenvalue weighted by atomic mass is 15.1. The molecule has 3 heteroatoms. The van der Waals surface area contributed by atoms with Gasteiger partial charge in [0, 0.05) is 34.1 Å². The zero-order valence-electron chi connectivity index (χ0n) is 17.4. The fourth-order valence-corrected chi connectivity index (χ4v) is 5.32. The van der Waals surface area contributed by atoms with Crippen molar-refractivity contribution < 1.29 is 0 Å². The topological polar surface area (TPSA) is 15.6 Å². The predicted octanol–water partition coefficient (Wildman–Crippen LogP) is 5.39. The zero-order valence-corrected chi connectivity index (χ0v) is 17.4. The lowest BCUT2D eigenvalue weighted by Crippen LogP contribution is -2.62. The van der Waals surface area contributed by atoms with Crippen LogP contribution in [-0.4, -0.2) is 13.6 Å². The second-order valence-electron chi connectivity index (χ2n) is 8.03. The summed E-state index contributed by atoms with van der Waals surface area (Å²) < 4.78 is 0. The number of fused-ring (bicyclic) bond motifs is 10. The molecule has 0 radical (unpaired) electrons. The van der Waals surface area contributed by atoms with E-state index in [1.165, 1.54) is 49.8 Å². The zero-order chi connectivity index (χ0) is 20.9. The van der Waals surface area contributed by atoms with Crippen LogP contribution < -0.4 is 15.7 Å². The Morgan fingerprint density at radius 3 is 2.23 bits per heavy atom. The van der Waals surface area contributed by atoms with E-state index in [0.29, 0.717) is 0 Å². The lowest BCUT2D eigenvalue weighted by molar-refractivity contribution is 1.27. The van der Waals surface area contributed by atoms with E-state index in [1.54, 1.807) is 0 Å². The van der Waals surface area contributed by atoms with Crippen LogP contribution in [0.5, 0.6) is 0 Å². The smallest absolute Gasteiger partial charge is 0.329 e. The van der Waals surface area contributed by atoms with Gasteiger partial charge in [-0.1, -0.05) is 91.0 Å². The number of benzene rings is 4. The van der Waals surface area contributed by atoms with Gasteiger partial charge in [-0.25, -0.2) is 0 Å². The van der Waals surface area contributed by atoms with Crippen molar-refractivity contribution in [3.63, 3.8) is 0 Å². The van der Waals surface area contributed by atoms with Crippen LogP contribution in [0.2, 0.25) is 0 Å². The van der Waals surface area contributed by atoms with Gasteiger partial charge < -0.3 is 4.81 Å². The summed E-state index contributed by atoms with van der Waals surface area (Å²) in [5.41, 5.74) is 9.99. The van der Waals surface area contributed by atoms with Crippen LogP contribution in [-0.2, 0) is 0 Å². The highest BCUT2D eigenvalue weighted by molar-refractivity contribution is 6.92. The fourth-order valence-electron chi connectivity index (χ4n) is 5.32. The molecule has 0 aromatic heterocycles. The van der Waals surface area contributed by atoms with E-state index in [0.717, 1.165) is 5.57 Å². The van der Waals surface area contributed by atoms with Gasteiger partial charge in [0.15, 0.2) is 0 Å². The van der Waals surface area contributed by atoms with Gasteiger partial charge in [0.1, 0.15) is 0 Å². The van der Waals surface area contributed by atoms with E-state index in [9.17, 15) is 0 Å². The van der Waals surface area contributed by atoms with E-state index >= 15 is 0 Å². The second-order valence-corrected chi connectivity index (χ2v) is 8.03. The first kappa shape index (κ1) is 18.0. The second kappa shape index (κ2) is 6.85. The van der Waals surface area contributed by atoms with Crippen LogP contribution in [0.15, 0.2) is 108 Å². The van der Waals surface area contributed by atoms with Crippen LogP contribution in [0.4, 0.5) is 5.69 Å². The number of aliphatic imine (C=N–C) groups is 1. The molecular formula is C28H21BN2. The average Bonchev–Trinajstić information content (AvgIpc) is 2.83. The SMILES string of the molecule is C=N/C=C1\C(=C/C)N2B(c3ccccc31)c1ccccc1-c1ccc3ccccc3c12. The van der Waals surface area contributed by atoms with Crippen molar-refractivity contribution >= 4 is 46.5 Å². The minimum atomic E-state index is 0.110. The summed E-state index contributed by atoms with van der Waals surface area (Å²) >= 11 is 0. The fraction of sp³-hybridized carbons (Fsp3) is 0.0357. The number of hydrogen-bond donors (Lipinski definition) is 0. The van der Waals surface area contributed by atoms with Crippen molar-refractivity contribution in [1.29, 1.82) is 0 Å². The molecule has 2 nitrogen and oxygen atoms in total. The number of anilines is 1. The molecule has 0 saturated heterocycles. The molecule has 0 amide bonds. The highest BCUT2D eigenvalue weighted by Gasteiger charge is 2.43. The van der Waals surface area contributed by atoms with E-state index < -0.39 is 0 Å². The van der Waals surface area contributed by atoms with Crippen LogP contribution in [0.1, 0.15) is 12.5 Å². The van der Waals surface area contributed by atoms with Gasteiger partial charge in [0.2, 0.25) is 0 Å². The Morgan fingerprint density at radius 1 is 0.774 bits per heavy atom. The standard InChI is InChI=1S/C28H21BN2/c1-3-27-24(18-30-2)22-13-7-9-15-26(22)29-25-14-8-6-12-21(25)23-17-16-19-10-4-5-11-20(19)28(23)31(27)29/h3-18H,2H2,1H3/b24-18-,27-3+. The van der Waals surface area contributed by atoms with Crippen molar-refractivity contribution in [3.05, 3.63) is 108 Å². The molecule has 146 valence electrons. The maximum Gasteiger partial charge on any atom is 0.329 e. The molecule has 2 aliphatic heterocycles. The molecule has 0 saturated carbocycles. The predicted molar refractivity (Wildman–Crippen MR) is 135 cm³/mol. The first-order valence-electron chi connectivity index (χ1n) is 10.7.